The van der Waals surface area contributed by atoms with Gasteiger partial charge >= 0.3 is 0 Å². The number of nitrogens with two attached hydrogens (primary N) is 1. The molecular formula is C13H10ClN3O. The highest BCUT2D eigenvalue weighted by Gasteiger charge is 2.11. The molecule has 0 amide bonds. The number of halogens is 1. The molecule has 0 saturated carbocycles. The van der Waals surface area contributed by atoms with Crippen molar-refractivity contribution in [2.75, 3.05) is 5.73 Å². The summed E-state index contributed by atoms with van der Waals surface area (Å²) >= 11 is 5.90. The van der Waals surface area contributed by atoms with Crippen LogP contribution in [0.2, 0.25) is 5.02 Å². The monoisotopic (exact) mass is 259 g/mol. The molecule has 3 rings (SSSR count). The fourth-order valence-corrected chi connectivity index (χ4v) is 2.14. The molecule has 0 unspecified atom stereocenters. The summed E-state index contributed by atoms with van der Waals surface area (Å²) in [5.74, 6) is 0.0493. The maximum absolute atomic E-state index is 9.42. The van der Waals surface area contributed by atoms with Crippen molar-refractivity contribution in [1.82, 2.24) is 10.2 Å². The third-order valence-corrected chi connectivity index (χ3v) is 3.15. The van der Waals surface area contributed by atoms with Gasteiger partial charge in [-0.2, -0.15) is 5.10 Å². The maximum Gasteiger partial charge on any atom is 0.134 e. The topological polar surface area (TPSA) is 74.9 Å². The molecule has 0 aliphatic carbocycles. The van der Waals surface area contributed by atoms with Crippen molar-refractivity contribution in [1.29, 1.82) is 0 Å². The first-order valence-corrected chi connectivity index (χ1v) is 5.76. The Hall–Kier alpha value is -2.20. The van der Waals surface area contributed by atoms with E-state index >= 15 is 0 Å². The molecule has 0 fully saturated rings. The van der Waals surface area contributed by atoms with Gasteiger partial charge < -0.3 is 10.8 Å². The van der Waals surface area contributed by atoms with Gasteiger partial charge in [0.05, 0.1) is 15.9 Å². The minimum atomic E-state index is 0.0493. The number of aromatic amines is 1. The molecule has 0 bridgehead atoms. The highest BCUT2D eigenvalue weighted by molar-refractivity contribution is 6.32. The molecule has 0 saturated heterocycles. The van der Waals surface area contributed by atoms with Gasteiger partial charge in [-0.3, -0.25) is 5.10 Å². The number of anilines is 1. The van der Waals surface area contributed by atoms with Crippen molar-refractivity contribution in [2.24, 2.45) is 0 Å². The first-order chi connectivity index (χ1) is 8.66. The Labute approximate surface area is 108 Å². The van der Waals surface area contributed by atoms with Gasteiger partial charge in [-0.15, -0.1) is 0 Å². The van der Waals surface area contributed by atoms with E-state index in [1.807, 2.05) is 18.2 Å². The molecule has 0 atom stereocenters. The number of hydrogen-bond donors (Lipinski definition) is 3. The van der Waals surface area contributed by atoms with E-state index in [1.54, 1.807) is 12.1 Å². The van der Waals surface area contributed by atoms with Crippen molar-refractivity contribution >= 4 is 28.2 Å². The number of phenols is 1. The van der Waals surface area contributed by atoms with Crippen molar-refractivity contribution in [3.05, 3.63) is 41.4 Å². The highest BCUT2D eigenvalue weighted by atomic mass is 35.5. The fraction of sp³-hybridized carbons (Fsp3) is 0. The number of H-pyrrole nitrogens is 1. The Bertz CT molecular complexity index is 736. The van der Waals surface area contributed by atoms with Gasteiger partial charge in [-0.1, -0.05) is 17.7 Å². The second-order valence-corrected chi connectivity index (χ2v) is 4.42. The van der Waals surface area contributed by atoms with Crippen LogP contribution >= 0.6 is 11.6 Å². The average Bonchev–Trinajstić information content (AvgIpc) is 2.78. The Balaban J connectivity index is 2.28. The van der Waals surface area contributed by atoms with E-state index in [9.17, 15) is 5.11 Å². The van der Waals surface area contributed by atoms with E-state index in [-0.39, 0.29) is 10.8 Å². The van der Waals surface area contributed by atoms with Crippen LogP contribution in [0.3, 0.4) is 0 Å². The van der Waals surface area contributed by atoms with Crippen LogP contribution < -0.4 is 5.73 Å². The Morgan fingerprint density at radius 1 is 1.22 bits per heavy atom. The molecule has 0 aliphatic rings. The van der Waals surface area contributed by atoms with Crippen LogP contribution in [0, 0.1) is 0 Å². The number of nitrogens with one attached hydrogen (secondary N) is 1. The number of nitrogens with zero attached hydrogens (tertiary/aromatic N) is 1. The van der Waals surface area contributed by atoms with Crippen LogP contribution in [0.4, 0.5) is 5.69 Å². The molecule has 90 valence electrons. The van der Waals surface area contributed by atoms with E-state index < -0.39 is 0 Å². The lowest BCUT2D eigenvalue weighted by Gasteiger charge is -2.02. The molecule has 2 aromatic carbocycles. The predicted molar refractivity (Wildman–Crippen MR) is 72.6 cm³/mol. The minimum absolute atomic E-state index is 0.0493. The van der Waals surface area contributed by atoms with Crippen LogP contribution in [0.15, 0.2) is 36.4 Å². The number of hydrogen-bond acceptors (Lipinski definition) is 3. The molecule has 3 aromatic rings. The molecule has 0 spiro atoms. The van der Waals surface area contributed by atoms with Gasteiger partial charge in [-0.25, -0.2) is 0 Å². The first-order valence-electron chi connectivity index (χ1n) is 5.38. The lowest BCUT2D eigenvalue weighted by molar-refractivity contribution is 0.475. The minimum Gasteiger partial charge on any atom is -0.506 e. The molecule has 18 heavy (non-hydrogen) atoms. The summed E-state index contributed by atoms with van der Waals surface area (Å²) in [5, 5.41) is 17.8. The molecule has 0 aliphatic heterocycles. The van der Waals surface area contributed by atoms with Gasteiger partial charge in [0, 0.05) is 11.3 Å². The van der Waals surface area contributed by atoms with Crippen molar-refractivity contribution in [2.45, 2.75) is 0 Å². The van der Waals surface area contributed by atoms with Crippen LogP contribution in [0.1, 0.15) is 0 Å². The van der Waals surface area contributed by atoms with E-state index in [2.05, 4.69) is 10.2 Å². The predicted octanol–water partition coefficient (Wildman–Crippen LogP) is 3.17. The third kappa shape index (κ3) is 1.58. The largest absolute Gasteiger partial charge is 0.506 e. The van der Waals surface area contributed by atoms with Gasteiger partial charge in [0.15, 0.2) is 0 Å². The number of rotatable bonds is 1. The summed E-state index contributed by atoms with van der Waals surface area (Å²) in [6.45, 7) is 0. The Kier molecular flexibility index (Phi) is 2.38. The summed E-state index contributed by atoms with van der Waals surface area (Å²) in [7, 11) is 0. The number of fused-ring (bicyclic) bond motifs is 1. The van der Waals surface area contributed by atoms with E-state index in [4.69, 9.17) is 17.3 Å². The Morgan fingerprint density at radius 3 is 2.83 bits per heavy atom. The second kappa shape index (κ2) is 3.92. The summed E-state index contributed by atoms with van der Waals surface area (Å²) in [4.78, 5) is 0. The lowest BCUT2D eigenvalue weighted by atomic mass is 10.1. The maximum atomic E-state index is 9.42. The highest BCUT2D eigenvalue weighted by Crippen LogP contribution is 2.34. The SMILES string of the molecule is Nc1cccc2[nH]nc(-c3ccc(O)c(Cl)c3)c12. The van der Waals surface area contributed by atoms with E-state index in [0.717, 1.165) is 22.2 Å². The zero-order valence-corrected chi connectivity index (χ0v) is 10.1. The normalized spacial score (nSPS) is 10.9. The first kappa shape index (κ1) is 10.9. The van der Waals surface area contributed by atoms with Crippen LogP contribution in [0.5, 0.6) is 5.75 Å². The number of benzene rings is 2. The molecule has 4 nitrogen and oxygen atoms in total. The van der Waals surface area contributed by atoms with E-state index in [1.165, 1.54) is 6.07 Å². The molecule has 1 aromatic heterocycles. The fourth-order valence-electron chi connectivity index (χ4n) is 1.96. The number of nitrogen functional groups attached to an aromatic ring is 1. The van der Waals surface area contributed by atoms with Gasteiger partial charge in [0.1, 0.15) is 11.4 Å². The smallest absolute Gasteiger partial charge is 0.134 e. The zero-order chi connectivity index (χ0) is 12.7. The summed E-state index contributed by atoms with van der Waals surface area (Å²) in [6.07, 6.45) is 0. The quantitative estimate of drug-likeness (QED) is 0.588. The molecular weight excluding hydrogens is 250 g/mol. The van der Waals surface area contributed by atoms with Crippen molar-refractivity contribution in [3.63, 3.8) is 0 Å². The van der Waals surface area contributed by atoms with Gasteiger partial charge in [-0.05, 0) is 30.3 Å². The Morgan fingerprint density at radius 2 is 2.06 bits per heavy atom. The number of aromatic nitrogens is 2. The van der Waals surface area contributed by atoms with Crippen LogP contribution in [0.25, 0.3) is 22.2 Å². The third-order valence-electron chi connectivity index (χ3n) is 2.84. The lowest BCUT2D eigenvalue weighted by Crippen LogP contribution is -1.86. The average molecular weight is 260 g/mol. The van der Waals surface area contributed by atoms with Crippen LogP contribution in [-0.2, 0) is 0 Å². The summed E-state index contributed by atoms with van der Waals surface area (Å²) in [5.41, 5.74) is 9.02. The molecule has 4 N–H and O–H groups in total. The molecule has 5 heteroatoms. The van der Waals surface area contributed by atoms with Crippen LogP contribution in [-0.4, -0.2) is 15.3 Å². The van der Waals surface area contributed by atoms with E-state index in [0.29, 0.717) is 5.69 Å². The summed E-state index contributed by atoms with van der Waals surface area (Å²) in [6, 6.07) is 10.6. The standard InChI is InChI=1S/C13H10ClN3O/c14-8-6-7(4-5-11(8)18)13-12-9(15)2-1-3-10(12)16-17-13/h1-6,18H,15H2,(H,16,17). The van der Waals surface area contributed by atoms with Gasteiger partial charge in [0.2, 0.25) is 0 Å². The molecule has 1 heterocycles. The van der Waals surface area contributed by atoms with Crippen molar-refractivity contribution < 1.29 is 5.11 Å². The van der Waals surface area contributed by atoms with Crippen molar-refractivity contribution in [3.8, 4) is 17.0 Å². The number of aromatic hydroxyl groups is 1. The summed E-state index contributed by atoms with van der Waals surface area (Å²) < 4.78 is 0. The second-order valence-electron chi connectivity index (χ2n) is 4.01. The zero-order valence-electron chi connectivity index (χ0n) is 9.31. The van der Waals surface area contributed by atoms with Gasteiger partial charge in [0.25, 0.3) is 0 Å². The number of phenolic OH excluding ortho intramolecular Hbond substituents is 1. The molecule has 0 radical (unpaired) electrons.